The molecule has 2 aromatic heterocycles. The Morgan fingerprint density at radius 2 is 2.29 bits per heavy atom. The second-order valence-electron chi connectivity index (χ2n) is 4.11. The average Bonchev–Trinajstić information content (AvgIpc) is 2.79. The molecule has 1 N–H and O–H groups in total. The van der Waals surface area contributed by atoms with Crippen LogP contribution in [0.3, 0.4) is 0 Å². The fraction of sp³-hybridized carbons (Fsp3) is 0.500. The largest absolute Gasteiger partial charge is 0.328 e. The van der Waals surface area contributed by atoms with E-state index in [2.05, 4.69) is 28.2 Å². The maximum Gasteiger partial charge on any atom is 0.179 e. The van der Waals surface area contributed by atoms with Crippen molar-refractivity contribution in [1.82, 2.24) is 19.3 Å². The molecule has 0 aliphatic carbocycles. The molecular formula is C12H18N4S. The second-order valence-corrected chi connectivity index (χ2v) is 4.50. The molecule has 0 amide bonds. The molecule has 4 nitrogen and oxygen atoms in total. The molecular weight excluding hydrogens is 232 g/mol. The molecule has 0 spiro atoms. The van der Waals surface area contributed by atoms with Crippen molar-refractivity contribution in [1.29, 1.82) is 0 Å². The van der Waals surface area contributed by atoms with Crippen molar-refractivity contribution in [2.75, 3.05) is 0 Å². The highest BCUT2D eigenvalue weighted by molar-refractivity contribution is 7.71. The number of fused-ring (bicyclic) bond motifs is 1. The molecule has 0 aliphatic rings. The molecule has 0 fully saturated rings. The first kappa shape index (κ1) is 12.1. The zero-order valence-corrected chi connectivity index (χ0v) is 11.2. The highest BCUT2D eigenvalue weighted by atomic mass is 32.1. The van der Waals surface area contributed by atoms with Crippen molar-refractivity contribution in [3.8, 4) is 0 Å². The fourth-order valence-corrected chi connectivity index (χ4v) is 2.36. The smallest absolute Gasteiger partial charge is 0.179 e. The second kappa shape index (κ2) is 4.87. The van der Waals surface area contributed by atoms with Crippen molar-refractivity contribution >= 4 is 23.4 Å². The molecule has 17 heavy (non-hydrogen) atoms. The number of aryl methyl sites for hydroxylation is 3. The van der Waals surface area contributed by atoms with Gasteiger partial charge in [-0.25, -0.2) is 4.68 Å². The molecule has 2 aromatic rings. The van der Waals surface area contributed by atoms with Crippen molar-refractivity contribution in [2.24, 2.45) is 0 Å². The molecule has 2 rings (SSSR count). The Balaban J connectivity index is 2.49. The molecule has 0 atom stereocenters. The molecule has 0 aliphatic heterocycles. The molecule has 0 aromatic carbocycles. The van der Waals surface area contributed by atoms with Crippen LogP contribution in [0.1, 0.15) is 25.5 Å². The Hall–Kier alpha value is -1.36. The van der Waals surface area contributed by atoms with Crippen LogP contribution < -0.4 is 0 Å². The third kappa shape index (κ3) is 2.07. The van der Waals surface area contributed by atoms with Gasteiger partial charge in [-0.05, 0) is 38.9 Å². The van der Waals surface area contributed by atoms with Crippen molar-refractivity contribution in [3.05, 3.63) is 23.1 Å². The zero-order chi connectivity index (χ0) is 12.4. The van der Waals surface area contributed by atoms with E-state index in [4.69, 9.17) is 12.2 Å². The van der Waals surface area contributed by atoms with Crippen molar-refractivity contribution in [2.45, 2.75) is 39.8 Å². The molecule has 0 saturated heterocycles. The van der Waals surface area contributed by atoms with Crippen LogP contribution in [0, 0.1) is 11.7 Å². The number of nitrogens with zero attached hydrogens (tertiary/aromatic N) is 3. The van der Waals surface area contributed by atoms with E-state index in [0.717, 1.165) is 47.6 Å². The highest BCUT2D eigenvalue weighted by Crippen LogP contribution is 2.18. The van der Waals surface area contributed by atoms with E-state index in [0.29, 0.717) is 0 Å². The van der Waals surface area contributed by atoms with E-state index in [1.54, 1.807) is 0 Å². The molecule has 0 unspecified atom stereocenters. The van der Waals surface area contributed by atoms with Crippen LogP contribution in [0.4, 0.5) is 0 Å². The third-order valence-electron chi connectivity index (χ3n) is 2.92. The summed E-state index contributed by atoms with van der Waals surface area (Å²) in [6.07, 6.45) is 4.00. The quantitative estimate of drug-likeness (QED) is 0.503. The van der Waals surface area contributed by atoms with E-state index in [1.165, 1.54) is 0 Å². The van der Waals surface area contributed by atoms with Gasteiger partial charge in [-0.1, -0.05) is 6.08 Å². The number of rotatable bonds is 5. The minimum atomic E-state index is 0.784. The van der Waals surface area contributed by atoms with Crippen LogP contribution in [-0.2, 0) is 13.1 Å². The Kier molecular flexibility index (Phi) is 3.47. The lowest BCUT2D eigenvalue weighted by Gasteiger charge is -2.04. The first-order valence-electron chi connectivity index (χ1n) is 5.95. The molecule has 5 heteroatoms. The topological polar surface area (TPSA) is 38.5 Å². The standard InChI is InChI=1S/C12H18N4S/c1-4-6-7-8-15-11-10(13-12(15)17)9(3)14-16(11)5-2/h4H,1,5-8H2,2-3H3,(H,13,17). The number of H-pyrrole nitrogens is 1. The summed E-state index contributed by atoms with van der Waals surface area (Å²) in [5.74, 6) is 0. The molecule has 0 bridgehead atoms. The molecule has 92 valence electrons. The van der Waals surface area contributed by atoms with Crippen LogP contribution >= 0.6 is 12.2 Å². The van der Waals surface area contributed by atoms with Gasteiger partial charge in [0.2, 0.25) is 0 Å². The molecule has 0 radical (unpaired) electrons. The summed E-state index contributed by atoms with van der Waals surface area (Å²) >= 11 is 5.36. The summed E-state index contributed by atoms with van der Waals surface area (Å²) in [5.41, 5.74) is 3.19. The summed E-state index contributed by atoms with van der Waals surface area (Å²) < 4.78 is 4.93. The predicted molar refractivity (Wildman–Crippen MR) is 72.7 cm³/mol. The van der Waals surface area contributed by atoms with E-state index in [9.17, 15) is 0 Å². The summed E-state index contributed by atoms with van der Waals surface area (Å²) in [4.78, 5) is 3.25. The lowest BCUT2D eigenvalue weighted by molar-refractivity contribution is 0.606. The first-order chi connectivity index (χ1) is 8.19. The zero-order valence-electron chi connectivity index (χ0n) is 10.4. The number of aromatic nitrogens is 4. The van der Waals surface area contributed by atoms with Gasteiger partial charge in [0.15, 0.2) is 10.4 Å². The summed E-state index contributed by atoms with van der Waals surface area (Å²) in [5, 5.41) is 4.50. The van der Waals surface area contributed by atoms with Crippen LogP contribution in [0.2, 0.25) is 0 Å². The average molecular weight is 250 g/mol. The van der Waals surface area contributed by atoms with Crippen molar-refractivity contribution < 1.29 is 0 Å². The minimum Gasteiger partial charge on any atom is -0.328 e. The lowest BCUT2D eigenvalue weighted by Crippen LogP contribution is -2.05. The highest BCUT2D eigenvalue weighted by Gasteiger charge is 2.13. The van der Waals surface area contributed by atoms with Crippen molar-refractivity contribution in [3.63, 3.8) is 0 Å². The SMILES string of the molecule is C=CCCCn1c(=S)[nH]c2c(C)nn(CC)c21. The predicted octanol–water partition coefficient (Wildman–Crippen LogP) is 3.19. The van der Waals surface area contributed by atoms with E-state index >= 15 is 0 Å². The molecule has 0 saturated carbocycles. The number of allylic oxidation sites excluding steroid dienone is 1. The fourth-order valence-electron chi connectivity index (χ4n) is 2.08. The minimum absolute atomic E-state index is 0.784. The van der Waals surface area contributed by atoms with Gasteiger partial charge in [-0.3, -0.25) is 0 Å². The van der Waals surface area contributed by atoms with Gasteiger partial charge < -0.3 is 9.55 Å². The molecule has 2 heterocycles. The lowest BCUT2D eigenvalue weighted by atomic mass is 10.3. The Morgan fingerprint density at radius 3 is 2.94 bits per heavy atom. The summed E-state index contributed by atoms with van der Waals surface area (Å²) in [6, 6.07) is 0. The normalized spacial score (nSPS) is 11.2. The van der Waals surface area contributed by atoms with Gasteiger partial charge in [-0.15, -0.1) is 6.58 Å². The van der Waals surface area contributed by atoms with Gasteiger partial charge in [0.05, 0.1) is 5.69 Å². The van der Waals surface area contributed by atoms with Gasteiger partial charge >= 0.3 is 0 Å². The monoisotopic (exact) mass is 250 g/mol. The summed E-state index contributed by atoms with van der Waals surface area (Å²) in [7, 11) is 0. The number of unbranched alkanes of at least 4 members (excludes halogenated alkanes) is 1. The number of hydrogen-bond donors (Lipinski definition) is 1. The van der Waals surface area contributed by atoms with Crippen LogP contribution in [-0.4, -0.2) is 19.3 Å². The van der Waals surface area contributed by atoms with Gasteiger partial charge in [0.1, 0.15) is 5.52 Å². The van der Waals surface area contributed by atoms with Gasteiger partial charge in [0, 0.05) is 13.1 Å². The third-order valence-corrected chi connectivity index (χ3v) is 3.25. The number of hydrogen-bond acceptors (Lipinski definition) is 2. The maximum atomic E-state index is 5.36. The first-order valence-corrected chi connectivity index (χ1v) is 6.36. The maximum absolute atomic E-state index is 5.36. The van der Waals surface area contributed by atoms with E-state index in [-0.39, 0.29) is 0 Å². The number of nitrogens with one attached hydrogen (secondary N) is 1. The van der Waals surface area contributed by atoms with Crippen LogP contribution in [0.5, 0.6) is 0 Å². The van der Waals surface area contributed by atoms with Gasteiger partial charge in [-0.2, -0.15) is 5.10 Å². The number of imidazole rings is 1. The number of aromatic amines is 1. The Bertz CT molecular complexity index is 587. The summed E-state index contributed by atoms with van der Waals surface area (Å²) in [6.45, 7) is 9.61. The van der Waals surface area contributed by atoms with Gasteiger partial charge in [0.25, 0.3) is 0 Å². The van der Waals surface area contributed by atoms with E-state index in [1.807, 2.05) is 17.7 Å². The van der Waals surface area contributed by atoms with E-state index < -0.39 is 0 Å². The Labute approximate surface area is 106 Å². The Morgan fingerprint density at radius 1 is 1.53 bits per heavy atom. The van der Waals surface area contributed by atoms with Crippen LogP contribution in [0.25, 0.3) is 11.2 Å². The van der Waals surface area contributed by atoms with Crippen LogP contribution in [0.15, 0.2) is 12.7 Å².